The van der Waals surface area contributed by atoms with Gasteiger partial charge in [-0.2, -0.15) is 0 Å². The number of aliphatic hydroxyl groups excluding tert-OH is 1. The minimum atomic E-state index is -1.69. The fraction of sp³-hybridized carbons (Fsp3) is 0.485. The molecule has 0 heterocycles. The van der Waals surface area contributed by atoms with Gasteiger partial charge in [0.05, 0.1) is 25.9 Å². The van der Waals surface area contributed by atoms with E-state index in [1.165, 1.54) is 6.92 Å². The van der Waals surface area contributed by atoms with Crippen molar-refractivity contribution in [3.05, 3.63) is 81.9 Å². The molecule has 274 valence electrons. The first-order valence-electron chi connectivity index (χ1n) is 16.2. The van der Waals surface area contributed by atoms with Crippen molar-refractivity contribution in [2.24, 2.45) is 16.6 Å². The Labute approximate surface area is 290 Å². The van der Waals surface area contributed by atoms with Crippen LogP contribution in [-0.4, -0.2) is 90.4 Å². The molecule has 17 heteroatoms. The lowest BCUT2D eigenvalue weighted by molar-refractivity contribution is -0.525. The van der Waals surface area contributed by atoms with E-state index < -0.39 is 59.0 Å². The molecule has 0 saturated carbocycles. The van der Waals surface area contributed by atoms with Crippen LogP contribution >= 0.6 is 0 Å². The molecule has 50 heavy (non-hydrogen) atoms. The molecule has 4 amide bonds. The summed E-state index contributed by atoms with van der Waals surface area (Å²) in [6, 6.07) is 15.0. The van der Waals surface area contributed by atoms with Gasteiger partial charge in [-0.25, -0.2) is 19.9 Å². The van der Waals surface area contributed by atoms with Crippen LogP contribution in [0.25, 0.3) is 0 Å². The Bertz CT molecular complexity index is 1400. The van der Waals surface area contributed by atoms with Crippen molar-refractivity contribution < 1.29 is 38.8 Å². The van der Waals surface area contributed by atoms with Gasteiger partial charge in [0.15, 0.2) is 11.1 Å². The molecule has 2 aromatic rings. The van der Waals surface area contributed by atoms with Gasteiger partial charge in [0.25, 0.3) is 11.9 Å². The van der Waals surface area contributed by atoms with Crippen molar-refractivity contribution in [1.29, 1.82) is 0 Å². The number of hydrazine groups is 1. The van der Waals surface area contributed by atoms with Gasteiger partial charge in [-0.1, -0.05) is 79.9 Å². The summed E-state index contributed by atoms with van der Waals surface area (Å²) in [6.07, 6.45) is -1.83. The van der Waals surface area contributed by atoms with E-state index in [0.717, 1.165) is 11.1 Å². The summed E-state index contributed by atoms with van der Waals surface area (Å²) >= 11 is 0. The predicted molar refractivity (Wildman–Crippen MR) is 184 cm³/mol. The Balaban J connectivity index is 2.07. The average molecular weight is 701 g/mol. The zero-order chi connectivity index (χ0) is 36.9. The number of aliphatic imine (C=N–C) groups is 1. The van der Waals surface area contributed by atoms with Crippen LogP contribution in [0, 0.1) is 16.0 Å². The molecule has 0 aliphatic heterocycles. The third kappa shape index (κ3) is 16.7. The highest BCUT2D eigenvalue weighted by Crippen LogP contribution is 2.07. The lowest BCUT2D eigenvalue weighted by Gasteiger charge is -2.26. The number of aliphatic hydroxyl groups is 1. The number of amides is 4. The van der Waals surface area contributed by atoms with Crippen molar-refractivity contribution in [3.63, 3.8) is 0 Å². The second kappa shape index (κ2) is 22.4. The average Bonchev–Trinajstić information content (AvgIpc) is 3.08. The van der Waals surface area contributed by atoms with Crippen molar-refractivity contribution in [3.8, 4) is 0 Å². The number of hydrogen-bond acceptors (Lipinski definition) is 10. The molecule has 2 aromatic carbocycles. The van der Waals surface area contributed by atoms with Crippen LogP contribution < -0.4 is 32.4 Å². The third-order valence-corrected chi connectivity index (χ3v) is 7.00. The maximum Gasteiger partial charge on any atom is 0.407 e. The highest BCUT2D eigenvalue weighted by Gasteiger charge is 2.30. The van der Waals surface area contributed by atoms with Gasteiger partial charge < -0.3 is 41.6 Å². The standard InChI is InChI=1S/C33H48N8O9/c1-22(2)19-50-33(46)39-27(21-49-20-25-13-8-5-9-14-25)30(44)37-23(3)29(43)38-26(15-10-17-36-32(34)40-41(47)48)28(42)31(45)35-18-16-24-11-6-4-7-12-24/h4-9,11-14,22-23,26-28,42H,10,15-21H2,1-3H3,(H,35,45)(H,37,44)(H,38,43)(H,39,46)(H3,34,36,40)/t23-,26-,27+,28?/m0/s1. The second-order valence-electron chi connectivity index (χ2n) is 11.8. The number of benzene rings is 2. The Morgan fingerprint density at radius 2 is 1.54 bits per heavy atom. The van der Waals surface area contributed by atoms with Gasteiger partial charge >= 0.3 is 6.09 Å². The number of nitrogens with two attached hydrogens (primary N) is 1. The Morgan fingerprint density at radius 1 is 0.900 bits per heavy atom. The number of ether oxygens (including phenoxy) is 2. The van der Waals surface area contributed by atoms with E-state index in [4.69, 9.17) is 15.2 Å². The van der Waals surface area contributed by atoms with E-state index in [1.54, 1.807) is 5.43 Å². The number of nitrogens with one attached hydrogen (secondary N) is 5. The van der Waals surface area contributed by atoms with Gasteiger partial charge in [-0.3, -0.25) is 14.4 Å². The molecule has 8 N–H and O–H groups in total. The first-order valence-corrected chi connectivity index (χ1v) is 16.2. The van der Waals surface area contributed by atoms with Crippen LogP contribution in [0.4, 0.5) is 4.79 Å². The molecular weight excluding hydrogens is 652 g/mol. The molecule has 1 unspecified atom stereocenters. The zero-order valence-electron chi connectivity index (χ0n) is 28.5. The maximum absolute atomic E-state index is 13.3. The van der Waals surface area contributed by atoms with Gasteiger partial charge in [0.1, 0.15) is 12.1 Å². The Hall–Kier alpha value is -5.29. The molecule has 4 atom stereocenters. The zero-order valence-corrected chi connectivity index (χ0v) is 28.5. The van der Waals surface area contributed by atoms with Crippen molar-refractivity contribution >= 4 is 29.8 Å². The molecule has 17 nitrogen and oxygen atoms in total. The monoisotopic (exact) mass is 700 g/mol. The summed E-state index contributed by atoms with van der Waals surface area (Å²) in [5, 5.41) is 30.9. The third-order valence-electron chi connectivity index (χ3n) is 7.00. The predicted octanol–water partition coefficient (Wildman–Crippen LogP) is 0.540. The largest absolute Gasteiger partial charge is 0.449 e. The van der Waals surface area contributed by atoms with Crippen molar-refractivity contribution in [2.75, 3.05) is 26.3 Å². The topological polar surface area (TPSA) is 249 Å². The number of carbonyl (C=O) groups excluding carboxylic acids is 4. The molecule has 0 aliphatic carbocycles. The minimum absolute atomic E-state index is 0.0169. The van der Waals surface area contributed by atoms with E-state index in [-0.39, 0.29) is 51.7 Å². The molecule has 0 bridgehead atoms. The second-order valence-corrected chi connectivity index (χ2v) is 11.8. The van der Waals surface area contributed by atoms with Crippen molar-refractivity contribution in [1.82, 2.24) is 26.7 Å². The summed E-state index contributed by atoms with van der Waals surface area (Å²) in [6.45, 7) is 5.36. The first kappa shape index (κ1) is 40.9. The van der Waals surface area contributed by atoms with Gasteiger partial charge in [-0.15, -0.1) is 0 Å². The summed E-state index contributed by atoms with van der Waals surface area (Å²) in [5.41, 5.74) is 8.97. The normalized spacial score (nSPS) is 13.7. The fourth-order valence-corrected chi connectivity index (χ4v) is 4.38. The Kier molecular flexibility index (Phi) is 18.3. The fourth-order valence-electron chi connectivity index (χ4n) is 4.38. The highest BCUT2D eigenvalue weighted by atomic mass is 16.7. The molecule has 2 rings (SSSR count). The number of hydrogen-bond donors (Lipinski definition) is 7. The first-order chi connectivity index (χ1) is 23.8. The lowest BCUT2D eigenvalue weighted by Crippen LogP contribution is -2.57. The van der Waals surface area contributed by atoms with E-state index in [1.807, 2.05) is 74.5 Å². The molecular formula is C33H48N8O9. The number of nitro groups is 1. The molecule has 0 saturated heterocycles. The van der Waals surface area contributed by atoms with Crippen LogP contribution in [0.1, 0.15) is 44.7 Å². The van der Waals surface area contributed by atoms with Gasteiger partial charge in [0, 0.05) is 13.1 Å². The van der Waals surface area contributed by atoms with Crippen LogP contribution in [0.5, 0.6) is 0 Å². The summed E-state index contributed by atoms with van der Waals surface area (Å²) in [4.78, 5) is 66.2. The van der Waals surface area contributed by atoms with Gasteiger partial charge in [-0.05, 0) is 43.2 Å². The number of guanidine groups is 1. The number of nitrogens with zero attached hydrogens (tertiary/aromatic N) is 2. The minimum Gasteiger partial charge on any atom is -0.449 e. The summed E-state index contributed by atoms with van der Waals surface area (Å²) in [7, 11) is 0. The summed E-state index contributed by atoms with van der Waals surface area (Å²) < 4.78 is 10.8. The van der Waals surface area contributed by atoms with Crippen LogP contribution in [0.3, 0.4) is 0 Å². The number of alkyl carbamates (subject to hydrolysis) is 1. The molecule has 0 fully saturated rings. The number of rotatable bonds is 21. The SMILES string of the molecule is CC(C)COC(=O)N[C@H](COCc1ccccc1)C(=O)N[C@@H](C)C(=O)N[C@@H](CCCN=C(N)N[N+](=O)[O-])C(O)C(=O)NCCc1ccccc1. The van der Waals surface area contributed by atoms with Crippen LogP contribution in [0.15, 0.2) is 65.7 Å². The van der Waals surface area contributed by atoms with Crippen molar-refractivity contribution in [2.45, 2.75) is 70.9 Å². The smallest absolute Gasteiger partial charge is 0.407 e. The van der Waals surface area contributed by atoms with E-state index in [0.29, 0.717) is 6.42 Å². The van der Waals surface area contributed by atoms with Crippen LogP contribution in [-0.2, 0) is 36.9 Å². The molecule has 0 radical (unpaired) electrons. The molecule has 0 spiro atoms. The summed E-state index contributed by atoms with van der Waals surface area (Å²) in [5.74, 6) is -2.58. The maximum atomic E-state index is 13.3. The van der Waals surface area contributed by atoms with E-state index in [2.05, 4.69) is 26.3 Å². The van der Waals surface area contributed by atoms with E-state index >= 15 is 0 Å². The lowest BCUT2D eigenvalue weighted by atomic mass is 10.0. The number of carbonyl (C=O) groups is 4. The molecule has 0 aromatic heterocycles. The van der Waals surface area contributed by atoms with Gasteiger partial charge in [0.2, 0.25) is 11.8 Å². The quantitative estimate of drug-likeness (QED) is 0.0311. The van der Waals surface area contributed by atoms with E-state index in [9.17, 15) is 34.4 Å². The Morgan fingerprint density at radius 3 is 2.16 bits per heavy atom. The van der Waals surface area contributed by atoms with Crippen LogP contribution in [0.2, 0.25) is 0 Å². The molecule has 0 aliphatic rings. The highest BCUT2D eigenvalue weighted by molar-refractivity contribution is 5.91.